The van der Waals surface area contributed by atoms with Gasteiger partial charge in [0.05, 0.1) is 4.88 Å². The zero-order chi connectivity index (χ0) is 13.9. The number of aromatic nitrogens is 1. The van der Waals surface area contributed by atoms with E-state index in [-0.39, 0.29) is 5.91 Å². The number of amides is 1. The van der Waals surface area contributed by atoms with Gasteiger partial charge in [0.15, 0.2) is 0 Å². The van der Waals surface area contributed by atoms with Crippen molar-refractivity contribution in [3.63, 3.8) is 0 Å². The number of halogens is 1. The average molecular weight is 349 g/mol. The summed E-state index contributed by atoms with van der Waals surface area (Å²) in [5, 5.41) is 8.48. The minimum Gasteiger partial charge on any atom is -0.338 e. The third-order valence-electron chi connectivity index (χ3n) is 2.63. The van der Waals surface area contributed by atoms with Crippen molar-refractivity contribution in [2.45, 2.75) is 0 Å². The fraction of sp³-hybridized carbons (Fsp3) is 0. The molecule has 3 rings (SSSR count). The van der Waals surface area contributed by atoms with E-state index in [1.165, 1.54) is 11.3 Å². The number of anilines is 1. The Morgan fingerprint density at radius 3 is 2.75 bits per heavy atom. The molecule has 0 fully saturated rings. The Hall–Kier alpha value is -1.92. The predicted octanol–water partition coefficient (Wildman–Crippen LogP) is 4.42. The summed E-state index contributed by atoms with van der Waals surface area (Å²) in [4.78, 5) is 12.5. The zero-order valence-electron chi connectivity index (χ0n) is 10.2. The summed E-state index contributed by atoms with van der Waals surface area (Å²) in [6.45, 7) is 0. The van der Waals surface area contributed by atoms with Crippen molar-refractivity contribution in [3.05, 3.63) is 57.2 Å². The van der Waals surface area contributed by atoms with E-state index in [1.54, 1.807) is 12.1 Å². The van der Waals surface area contributed by atoms with Gasteiger partial charge in [0, 0.05) is 16.1 Å². The molecule has 0 unspecified atom stereocenters. The number of carbonyl (C=O) groups excluding carboxylic acids is 1. The molecule has 1 amide bonds. The first-order valence-electron chi connectivity index (χ1n) is 5.80. The number of carbonyl (C=O) groups is 1. The van der Waals surface area contributed by atoms with Crippen LogP contribution in [-0.2, 0) is 0 Å². The number of nitrogens with zero attached hydrogens (tertiary/aromatic N) is 1. The Morgan fingerprint density at radius 1 is 1.25 bits per heavy atom. The highest BCUT2D eigenvalue weighted by Gasteiger charge is 2.11. The second kappa shape index (κ2) is 5.60. The zero-order valence-corrected chi connectivity index (χ0v) is 12.6. The first-order chi connectivity index (χ1) is 9.72. The lowest BCUT2D eigenvalue weighted by atomic mass is 10.1. The lowest BCUT2D eigenvalue weighted by Gasteiger charge is -1.96. The van der Waals surface area contributed by atoms with Crippen molar-refractivity contribution in [3.8, 4) is 11.3 Å². The van der Waals surface area contributed by atoms with Gasteiger partial charge >= 0.3 is 0 Å². The van der Waals surface area contributed by atoms with Crippen molar-refractivity contribution in [2.75, 3.05) is 5.32 Å². The molecule has 1 N–H and O–H groups in total. The molecule has 0 saturated heterocycles. The molecule has 0 spiro atoms. The third kappa shape index (κ3) is 2.81. The van der Waals surface area contributed by atoms with Gasteiger partial charge in [-0.1, -0.05) is 39.3 Å². The van der Waals surface area contributed by atoms with E-state index in [2.05, 4.69) is 26.4 Å². The van der Waals surface area contributed by atoms with E-state index in [9.17, 15) is 4.79 Å². The van der Waals surface area contributed by atoms with Crippen molar-refractivity contribution < 1.29 is 9.32 Å². The molecule has 1 aromatic carbocycles. The molecule has 0 saturated carbocycles. The molecule has 0 atom stereocenters. The molecular weight excluding hydrogens is 340 g/mol. The fourth-order valence-electron chi connectivity index (χ4n) is 1.67. The maximum atomic E-state index is 11.9. The molecule has 0 radical (unpaired) electrons. The van der Waals surface area contributed by atoms with Gasteiger partial charge in [-0.3, -0.25) is 10.1 Å². The fourth-order valence-corrected chi connectivity index (χ4v) is 2.56. The maximum absolute atomic E-state index is 11.9. The largest absolute Gasteiger partial charge is 0.338 e. The first kappa shape index (κ1) is 13.1. The quantitative estimate of drug-likeness (QED) is 0.762. The van der Waals surface area contributed by atoms with Crippen molar-refractivity contribution in [1.82, 2.24) is 5.16 Å². The molecule has 20 heavy (non-hydrogen) atoms. The Bertz CT molecular complexity index is 720. The average Bonchev–Trinajstić information content (AvgIpc) is 3.10. The summed E-state index contributed by atoms with van der Waals surface area (Å²) in [6.07, 6.45) is 0. The van der Waals surface area contributed by atoms with Crippen LogP contribution < -0.4 is 5.32 Å². The van der Waals surface area contributed by atoms with Crippen LogP contribution in [0.2, 0.25) is 0 Å². The van der Waals surface area contributed by atoms with Gasteiger partial charge in [0.25, 0.3) is 5.91 Å². The molecule has 3 aromatic rings. The van der Waals surface area contributed by atoms with Gasteiger partial charge in [-0.15, -0.1) is 11.3 Å². The van der Waals surface area contributed by atoms with E-state index in [1.807, 2.05) is 35.7 Å². The van der Waals surface area contributed by atoms with Crippen molar-refractivity contribution in [2.24, 2.45) is 0 Å². The standard InChI is InChI=1S/C14H9BrN2O2S/c15-10-5-3-9(4-6-10)11-8-13(19-17-11)16-14(18)12-2-1-7-20-12/h1-8H,(H,16,18). The summed E-state index contributed by atoms with van der Waals surface area (Å²) >= 11 is 4.75. The van der Waals surface area contributed by atoms with E-state index in [4.69, 9.17) is 4.52 Å². The third-order valence-corrected chi connectivity index (χ3v) is 4.03. The summed E-state index contributed by atoms with van der Waals surface area (Å²) in [5.41, 5.74) is 1.60. The molecule has 0 aliphatic carbocycles. The maximum Gasteiger partial charge on any atom is 0.268 e. The van der Waals surface area contributed by atoms with Crippen LogP contribution in [0.4, 0.5) is 5.88 Å². The SMILES string of the molecule is O=C(Nc1cc(-c2ccc(Br)cc2)no1)c1cccs1. The van der Waals surface area contributed by atoms with Crippen molar-refractivity contribution in [1.29, 1.82) is 0 Å². The highest BCUT2D eigenvalue weighted by atomic mass is 79.9. The van der Waals surface area contributed by atoms with Crippen LogP contribution in [0, 0.1) is 0 Å². The Kier molecular flexibility index (Phi) is 3.66. The Morgan fingerprint density at radius 2 is 2.05 bits per heavy atom. The lowest BCUT2D eigenvalue weighted by molar-refractivity contribution is 0.102. The summed E-state index contributed by atoms with van der Waals surface area (Å²) in [7, 11) is 0. The molecule has 0 bridgehead atoms. The van der Waals surface area contributed by atoms with E-state index in [0.717, 1.165) is 10.0 Å². The number of rotatable bonds is 3. The van der Waals surface area contributed by atoms with Crippen LogP contribution in [0.5, 0.6) is 0 Å². The van der Waals surface area contributed by atoms with Gasteiger partial charge in [0.2, 0.25) is 5.88 Å². The first-order valence-corrected chi connectivity index (χ1v) is 7.47. The normalized spacial score (nSPS) is 10.4. The van der Waals surface area contributed by atoms with Crippen LogP contribution in [0.1, 0.15) is 9.67 Å². The van der Waals surface area contributed by atoms with Gasteiger partial charge in [-0.05, 0) is 23.6 Å². The molecule has 6 heteroatoms. The molecule has 2 heterocycles. The van der Waals surface area contributed by atoms with Gasteiger partial charge < -0.3 is 4.52 Å². The molecule has 0 aliphatic heterocycles. The van der Waals surface area contributed by atoms with Crippen molar-refractivity contribution >= 4 is 39.1 Å². The summed E-state index contributed by atoms with van der Waals surface area (Å²) in [6, 6.07) is 13.0. The highest BCUT2D eigenvalue weighted by Crippen LogP contribution is 2.24. The van der Waals surface area contributed by atoms with E-state index in [0.29, 0.717) is 16.5 Å². The smallest absolute Gasteiger partial charge is 0.268 e. The monoisotopic (exact) mass is 348 g/mol. The number of nitrogens with one attached hydrogen (secondary N) is 1. The second-order valence-corrected chi connectivity index (χ2v) is 5.88. The summed E-state index contributed by atoms with van der Waals surface area (Å²) < 4.78 is 6.13. The molecule has 0 aliphatic rings. The molecule has 100 valence electrons. The van der Waals surface area contributed by atoms with Crippen LogP contribution in [0.25, 0.3) is 11.3 Å². The van der Waals surface area contributed by atoms with Gasteiger partial charge in [-0.2, -0.15) is 0 Å². The number of hydrogen-bond donors (Lipinski definition) is 1. The predicted molar refractivity (Wildman–Crippen MR) is 81.9 cm³/mol. The lowest BCUT2D eigenvalue weighted by Crippen LogP contribution is -2.09. The Labute approximate surface area is 127 Å². The van der Waals surface area contributed by atoms with Gasteiger partial charge in [-0.25, -0.2) is 0 Å². The summed E-state index contributed by atoms with van der Waals surface area (Å²) in [5.74, 6) is 0.139. The minimum atomic E-state index is -0.196. The topological polar surface area (TPSA) is 55.1 Å². The van der Waals surface area contributed by atoms with Gasteiger partial charge in [0.1, 0.15) is 5.69 Å². The van der Waals surface area contributed by atoms with E-state index < -0.39 is 0 Å². The molecule has 4 nitrogen and oxygen atoms in total. The molecular formula is C14H9BrN2O2S. The van der Waals surface area contributed by atoms with Crippen LogP contribution in [0.15, 0.2) is 56.8 Å². The number of benzene rings is 1. The van der Waals surface area contributed by atoms with E-state index >= 15 is 0 Å². The van der Waals surface area contributed by atoms with Crippen LogP contribution >= 0.6 is 27.3 Å². The number of thiophene rings is 1. The van der Waals surface area contributed by atoms with Crippen LogP contribution in [-0.4, -0.2) is 11.1 Å². The minimum absolute atomic E-state index is 0.196. The Balaban J connectivity index is 1.77. The highest BCUT2D eigenvalue weighted by molar-refractivity contribution is 9.10. The number of hydrogen-bond acceptors (Lipinski definition) is 4. The van der Waals surface area contributed by atoms with Crippen LogP contribution in [0.3, 0.4) is 0 Å². The molecule has 2 aromatic heterocycles. The second-order valence-electron chi connectivity index (χ2n) is 4.01.